The molecule has 2 aromatic rings. The van der Waals surface area contributed by atoms with Crippen molar-refractivity contribution in [2.75, 3.05) is 27.4 Å². The van der Waals surface area contributed by atoms with Gasteiger partial charge in [0.25, 0.3) is 0 Å². The van der Waals surface area contributed by atoms with Crippen LogP contribution < -0.4 is 14.2 Å². The van der Waals surface area contributed by atoms with E-state index >= 15 is 0 Å². The van der Waals surface area contributed by atoms with Gasteiger partial charge < -0.3 is 24.1 Å². The van der Waals surface area contributed by atoms with Crippen molar-refractivity contribution in [1.29, 1.82) is 0 Å². The van der Waals surface area contributed by atoms with Crippen LogP contribution in [0.2, 0.25) is 0 Å². The van der Waals surface area contributed by atoms with Crippen LogP contribution in [0.15, 0.2) is 36.4 Å². The van der Waals surface area contributed by atoms with Crippen molar-refractivity contribution in [2.24, 2.45) is 0 Å². The number of phenolic OH excluding ortho intramolecular Hbond substituents is 1. The molecule has 0 amide bonds. The number of methoxy groups -OCH3 is 2. The van der Waals surface area contributed by atoms with Crippen LogP contribution in [0.5, 0.6) is 23.0 Å². The average Bonchev–Trinajstić information content (AvgIpc) is 2.79. The number of hydrogen-bond donors (Lipinski definition) is 1. The van der Waals surface area contributed by atoms with Crippen LogP contribution in [0.3, 0.4) is 0 Å². The van der Waals surface area contributed by atoms with E-state index in [-0.39, 0.29) is 11.5 Å². The molecular weight excluding hydrogens is 412 g/mol. The second kappa shape index (κ2) is 12.4. The minimum Gasteiger partial charge on any atom is -0.507 e. The van der Waals surface area contributed by atoms with E-state index in [1.54, 1.807) is 37.5 Å². The van der Waals surface area contributed by atoms with Gasteiger partial charge in [-0.15, -0.1) is 0 Å². The quantitative estimate of drug-likeness (QED) is 0.222. The predicted molar refractivity (Wildman–Crippen MR) is 122 cm³/mol. The Bertz CT molecular complexity index is 963. The average molecular weight is 443 g/mol. The zero-order chi connectivity index (χ0) is 23.5. The first-order valence-corrected chi connectivity index (χ1v) is 10.5. The van der Waals surface area contributed by atoms with Crippen LogP contribution >= 0.6 is 0 Å². The standard InChI is InChI=1S/C25H30O7/c1-5-7-20-21(12-10-19(17(2)26)25(20)28)31-14-6-15-32-22-11-8-18(16-23(22)29-3)9-13-24(27)30-4/h8-13,16,28H,5-7,14-15H2,1-4H3. The smallest absolute Gasteiger partial charge is 0.330 e. The molecule has 0 bridgehead atoms. The van der Waals surface area contributed by atoms with Crippen molar-refractivity contribution < 1.29 is 33.6 Å². The Hall–Kier alpha value is -3.48. The Kier molecular flexibility index (Phi) is 9.60. The summed E-state index contributed by atoms with van der Waals surface area (Å²) in [4.78, 5) is 22.9. The number of rotatable bonds is 12. The highest BCUT2D eigenvalue weighted by molar-refractivity contribution is 5.97. The number of Topliss-reactive ketones (excluding diaryl/α,β-unsaturated/α-hetero) is 1. The maximum atomic E-state index is 11.7. The van der Waals surface area contributed by atoms with E-state index in [9.17, 15) is 14.7 Å². The van der Waals surface area contributed by atoms with Gasteiger partial charge in [0.2, 0.25) is 0 Å². The zero-order valence-corrected chi connectivity index (χ0v) is 19.0. The zero-order valence-electron chi connectivity index (χ0n) is 19.0. The lowest BCUT2D eigenvalue weighted by Gasteiger charge is -2.15. The molecule has 0 heterocycles. The molecule has 0 aliphatic heterocycles. The summed E-state index contributed by atoms with van der Waals surface area (Å²) in [5.41, 5.74) is 1.74. The van der Waals surface area contributed by atoms with Crippen molar-refractivity contribution in [3.63, 3.8) is 0 Å². The van der Waals surface area contributed by atoms with E-state index in [4.69, 9.17) is 14.2 Å². The predicted octanol–water partition coefficient (Wildman–Crippen LogP) is 4.59. The molecule has 0 spiro atoms. The number of esters is 1. The molecule has 0 atom stereocenters. The van der Waals surface area contributed by atoms with E-state index in [1.165, 1.54) is 20.1 Å². The van der Waals surface area contributed by atoms with Gasteiger partial charge in [-0.05, 0) is 49.2 Å². The van der Waals surface area contributed by atoms with Gasteiger partial charge in [0.15, 0.2) is 17.3 Å². The largest absolute Gasteiger partial charge is 0.507 e. The summed E-state index contributed by atoms with van der Waals surface area (Å²) < 4.78 is 21.6. The Labute approximate surface area is 188 Å². The first-order chi connectivity index (χ1) is 15.4. The van der Waals surface area contributed by atoms with Crippen molar-refractivity contribution >= 4 is 17.8 Å². The fourth-order valence-electron chi connectivity index (χ4n) is 3.09. The third-order valence-electron chi connectivity index (χ3n) is 4.72. The van der Waals surface area contributed by atoms with Gasteiger partial charge in [-0.1, -0.05) is 19.4 Å². The number of aromatic hydroxyl groups is 1. The second-order valence-corrected chi connectivity index (χ2v) is 7.06. The molecule has 0 fully saturated rings. The molecule has 2 rings (SSSR count). The Morgan fingerprint density at radius 3 is 2.31 bits per heavy atom. The van der Waals surface area contributed by atoms with E-state index in [2.05, 4.69) is 4.74 Å². The number of ketones is 1. The van der Waals surface area contributed by atoms with E-state index in [1.807, 2.05) is 13.0 Å². The molecule has 0 radical (unpaired) electrons. The van der Waals surface area contributed by atoms with Gasteiger partial charge in [0.1, 0.15) is 11.5 Å². The lowest BCUT2D eigenvalue weighted by molar-refractivity contribution is -0.134. The molecule has 0 saturated heterocycles. The van der Waals surface area contributed by atoms with Crippen LogP contribution in [-0.2, 0) is 16.0 Å². The number of ether oxygens (including phenoxy) is 4. The molecule has 0 unspecified atom stereocenters. The molecule has 0 aliphatic carbocycles. The van der Waals surface area contributed by atoms with Crippen LogP contribution in [0.4, 0.5) is 0 Å². The maximum absolute atomic E-state index is 11.7. The van der Waals surface area contributed by atoms with Gasteiger partial charge in [0.05, 0.1) is 33.0 Å². The van der Waals surface area contributed by atoms with E-state index in [0.29, 0.717) is 54.4 Å². The molecular formula is C25H30O7. The third-order valence-corrected chi connectivity index (χ3v) is 4.72. The first-order valence-electron chi connectivity index (χ1n) is 10.5. The van der Waals surface area contributed by atoms with Gasteiger partial charge in [0, 0.05) is 18.1 Å². The number of carbonyl (C=O) groups is 2. The lowest BCUT2D eigenvalue weighted by atomic mass is 10.0. The Balaban J connectivity index is 1.94. The Morgan fingerprint density at radius 1 is 1.00 bits per heavy atom. The highest BCUT2D eigenvalue weighted by Gasteiger charge is 2.16. The lowest BCUT2D eigenvalue weighted by Crippen LogP contribution is -2.07. The SMILES string of the molecule is CCCc1c(OCCCOc2ccc(C=CC(=O)OC)cc2OC)ccc(C(C)=O)c1O. The van der Waals surface area contributed by atoms with Crippen LogP contribution in [0.25, 0.3) is 6.08 Å². The summed E-state index contributed by atoms with van der Waals surface area (Å²) in [7, 11) is 2.87. The fourth-order valence-corrected chi connectivity index (χ4v) is 3.09. The van der Waals surface area contributed by atoms with Crippen LogP contribution in [-0.4, -0.2) is 44.3 Å². The van der Waals surface area contributed by atoms with Gasteiger partial charge in [-0.25, -0.2) is 4.79 Å². The summed E-state index contributed by atoms with van der Waals surface area (Å²) >= 11 is 0. The van der Waals surface area contributed by atoms with Crippen molar-refractivity contribution in [1.82, 2.24) is 0 Å². The molecule has 0 saturated carbocycles. The van der Waals surface area contributed by atoms with Gasteiger partial charge in [-0.2, -0.15) is 0 Å². The van der Waals surface area contributed by atoms with Crippen molar-refractivity contribution in [2.45, 2.75) is 33.1 Å². The van der Waals surface area contributed by atoms with Gasteiger partial charge in [-0.3, -0.25) is 4.79 Å². The monoisotopic (exact) mass is 442 g/mol. The number of phenols is 1. The van der Waals surface area contributed by atoms with Crippen LogP contribution in [0.1, 0.15) is 48.2 Å². The van der Waals surface area contributed by atoms with Crippen molar-refractivity contribution in [3.05, 3.63) is 53.1 Å². The minimum absolute atomic E-state index is 0.000764. The summed E-state index contributed by atoms with van der Waals surface area (Å²) in [5.74, 6) is 1.09. The first kappa shape index (κ1) is 24.8. The highest BCUT2D eigenvalue weighted by atomic mass is 16.5. The highest BCUT2D eigenvalue weighted by Crippen LogP contribution is 2.33. The second-order valence-electron chi connectivity index (χ2n) is 7.06. The number of benzene rings is 2. The summed E-state index contributed by atoms with van der Waals surface area (Å²) in [6.45, 7) is 4.21. The normalized spacial score (nSPS) is 10.8. The van der Waals surface area contributed by atoms with Crippen LogP contribution in [0, 0.1) is 0 Å². The van der Waals surface area contributed by atoms with Crippen molar-refractivity contribution in [3.8, 4) is 23.0 Å². The molecule has 2 aromatic carbocycles. The molecule has 0 aliphatic rings. The third kappa shape index (κ3) is 6.77. The maximum Gasteiger partial charge on any atom is 0.330 e. The van der Waals surface area contributed by atoms with E-state index in [0.717, 1.165) is 12.0 Å². The fraction of sp³-hybridized carbons (Fsp3) is 0.360. The Morgan fingerprint density at radius 2 is 1.69 bits per heavy atom. The summed E-state index contributed by atoms with van der Waals surface area (Å²) in [5, 5.41) is 10.4. The molecule has 7 nitrogen and oxygen atoms in total. The molecule has 172 valence electrons. The number of hydrogen-bond acceptors (Lipinski definition) is 7. The molecule has 1 N–H and O–H groups in total. The summed E-state index contributed by atoms with van der Waals surface area (Å²) in [6.07, 6.45) is 5.01. The number of carbonyl (C=O) groups excluding carboxylic acids is 2. The summed E-state index contributed by atoms with van der Waals surface area (Å²) in [6, 6.07) is 8.66. The van der Waals surface area contributed by atoms with Gasteiger partial charge >= 0.3 is 5.97 Å². The molecule has 0 aromatic heterocycles. The minimum atomic E-state index is -0.435. The topological polar surface area (TPSA) is 91.3 Å². The van der Waals surface area contributed by atoms with E-state index < -0.39 is 5.97 Å². The molecule has 32 heavy (non-hydrogen) atoms. The molecule has 7 heteroatoms.